The molecule has 28 heavy (non-hydrogen) atoms. The molecule has 0 bridgehead atoms. The summed E-state index contributed by atoms with van der Waals surface area (Å²) in [5.41, 5.74) is 1.05. The van der Waals surface area contributed by atoms with Gasteiger partial charge in [0.15, 0.2) is 0 Å². The standard InChI is InChI=1S/C22H27FN4O/c1-25-13-15-26(16-14-25)21-11-6-9-19(24-21)22(28)27-12-5-4-10-20(27)17-7-2-3-8-18(17)23/h2-3,6-9,11,20H,4-5,10,12-16H2,1H3. The van der Waals surface area contributed by atoms with Gasteiger partial charge in [0, 0.05) is 38.3 Å². The summed E-state index contributed by atoms with van der Waals surface area (Å²) in [6.07, 6.45) is 2.72. The molecule has 4 rings (SSSR count). The van der Waals surface area contributed by atoms with Crippen LogP contribution in [0.15, 0.2) is 42.5 Å². The maximum Gasteiger partial charge on any atom is 0.273 e. The Morgan fingerprint density at radius 3 is 2.57 bits per heavy atom. The predicted molar refractivity (Wildman–Crippen MR) is 108 cm³/mol. The summed E-state index contributed by atoms with van der Waals surface area (Å²) >= 11 is 0. The van der Waals surface area contributed by atoms with Gasteiger partial charge in [0.05, 0.1) is 6.04 Å². The summed E-state index contributed by atoms with van der Waals surface area (Å²) in [6.45, 7) is 4.42. The van der Waals surface area contributed by atoms with Crippen LogP contribution in [-0.4, -0.2) is 60.5 Å². The monoisotopic (exact) mass is 382 g/mol. The van der Waals surface area contributed by atoms with Crippen LogP contribution in [0.5, 0.6) is 0 Å². The van der Waals surface area contributed by atoms with Crippen LogP contribution in [0, 0.1) is 5.82 Å². The molecular weight excluding hydrogens is 355 g/mol. The molecule has 0 N–H and O–H groups in total. The molecule has 1 aromatic heterocycles. The normalized spacial score (nSPS) is 21.0. The predicted octanol–water partition coefficient (Wildman–Crippen LogP) is 3.34. The summed E-state index contributed by atoms with van der Waals surface area (Å²) in [6, 6.07) is 12.2. The fourth-order valence-electron chi connectivity index (χ4n) is 4.14. The topological polar surface area (TPSA) is 39.7 Å². The Hall–Kier alpha value is -2.47. The van der Waals surface area contributed by atoms with Crippen LogP contribution in [0.2, 0.25) is 0 Å². The molecule has 2 fully saturated rings. The number of hydrogen-bond donors (Lipinski definition) is 0. The second-order valence-corrected chi connectivity index (χ2v) is 7.70. The van der Waals surface area contributed by atoms with Crippen LogP contribution < -0.4 is 4.90 Å². The van der Waals surface area contributed by atoms with E-state index in [1.54, 1.807) is 23.1 Å². The first-order valence-corrected chi connectivity index (χ1v) is 10.1. The van der Waals surface area contributed by atoms with Crippen molar-refractivity contribution in [3.8, 4) is 0 Å². The number of aromatic nitrogens is 1. The number of nitrogens with zero attached hydrogens (tertiary/aromatic N) is 4. The Bertz CT molecular complexity index is 835. The van der Waals surface area contributed by atoms with E-state index in [-0.39, 0.29) is 17.8 Å². The van der Waals surface area contributed by atoms with Crippen LogP contribution in [0.1, 0.15) is 41.4 Å². The van der Waals surface area contributed by atoms with Crippen molar-refractivity contribution >= 4 is 11.7 Å². The van der Waals surface area contributed by atoms with E-state index in [2.05, 4.69) is 21.8 Å². The third-order valence-electron chi connectivity index (χ3n) is 5.81. The van der Waals surface area contributed by atoms with Crippen LogP contribution in [-0.2, 0) is 0 Å². The van der Waals surface area contributed by atoms with Gasteiger partial charge < -0.3 is 14.7 Å². The number of amides is 1. The van der Waals surface area contributed by atoms with E-state index in [0.29, 0.717) is 17.8 Å². The van der Waals surface area contributed by atoms with Crippen molar-refractivity contribution in [2.75, 3.05) is 44.7 Å². The van der Waals surface area contributed by atoms with Crippen molar-refractivity contribution in [3.05, 3.63) is 59.5 Å². The molecule has 1 unspecified atom stereocenters. The zero-order valence-electron chi connectivity index (χ0n) is 16.4. The summed E-state index contributed by atoms with van der Waals surface area (Å²) in [7, 11) is 2.12. The van der Waals surface area contributed by atoms with E-state index >= 15 is 0 Å². The number of likely N-dealkylation sites (tertiary alicyclic amines) is 1. The maximum absolute atomic E-state index is 14.4. The molecule has 2 saturated heterocycles. The van der Waals surface area contributed by atoms with E-state index < -0.39 is 0 Å². The Kier molecular flexibility index (Phi) is 5.57. The highest BCUT2D eigenvalue weighted by molar-refractivity contribution is 5.93. The van der Waals surface area contributed by atoms with Crippen LogP contribution in [0.3, 0.4) is 0 Å². The van der Waals surface area contributed by atoms with E-state index in [9.17, 15) is 9.18 Å². The fourth-order valence-corrected chi connectivity index (χ4v) is 4.14. The molecule has 6 heteroatoms. The van der Waals surface area contributed by atoms with Gasteiger partial charge in [0.2, 0.25) is 0 Å². The largest absolute Gasteiger partial charge is 0.354 e. The van der Waals surface area contributed by atoms with Crippen molar-refractivity contribution in [2.24, 2.45) is 0 Å². The highest BCUT2D eigenvalue weighted by Crippen LogP contribution is 2.33. The minimum absolute atomic E-state index is 0.107. The van der Waals surface area contributed by atoms with Gasteiger partial charge in [0.1, 0.15) is 17.3 Å². The number of halogens is 1. The molecule has 148 valence electrons. The number of piperidine rings is 1. The van der Waals surface area contributed by atoms with Gasteiger partial charge in [-0.05, 0) is 44.5 Å². The quantitative estimate of drug-likeness (QED) is 0.816. The molecule has 2 aromatic rings. The number of anilines is 1. The molecule has 0 radical (unpaired) electrons. The first kappa shape index (κ1) is 18.9. The third kappa shape index (κ3) is 3.87. The van der Waals surface area contributed by atoms with Crippen LogP contribution in [0.4, 0.5) is 10.2 Å². The van der Waals surface area contributed by atoms with Gasteiger partial charge in [-0.15, -0.1) is 0 Å². The summed E-state index contributed by atoms with van der Waals surface area (Å²) in [5.74, 6) is 0.494. The summed E-state index contributed by atoms with van der Waals surface area (Å²) in [5, 5.41) is 0. The van der Waals surface area contributed by atoms with Crippen molar-refractivity contribution in [2.45, 2.75) is 25.3 Å². The number of piperazine rings is 1. The molecule has 1 atom stereocenters. The number of carbonyl (C=O) groups excluding carboxylic acids is 1. The Morgan fingerprint density at radius 2 is 1.79 bits per heavy atom. The van der Waals surface area contributed by atoms with Crippen molar-refractivity contribution in [1.29, 1.82) is 0 Å². The lowest BCUT2D eigenvalue weighted by atomic mass is 9.94. The average Bonchev–Trinajstić information content (AvgIpc) is 2.74. The molecule has 0 aliphatic carbocycles. The van der Waals surface area contributed by atoms with Gasteiger partial charge >= 0.3 is 0 Å². The first-order chi connectivity index (χ1) is 13.6. The molecule has 0 spiro atoms. The van der Waals surface area contributed by atoms with E-state index in [0.717, 1.165) is 51.3 Å². The minimum Gasteiger partial charge on any atom is -0.354 e. The SMILES string of the molecule is CN1CCN(c2cccc(C(=O)N3CCCCC3c3ccccc3F)n2)CC1. The van der Waals surface area contributed by atoms with Gasteiger partial charge in [-0.1, -0.05) is 24.3 Å². The molecular formula is C22H27FN4O. The van der Waals surface area contributed by atoms with Crippen molar-refractivity contribution in [3.63, 3.8) is 0 Å². The molecule has 0 saturated carbocycles. The van der Waals surface area contributed by atoms with Gasteiger partial charge in [-0.3, -0.25) is 4.79 Å². The fraction of sp³-hybridized carbons (Fsp3) is 0.455. The van der Waals surface area contributed by atoms with Crippen LogP contribution in [0.25, 0.3) is 0 Å². The Balaban J connectivity index is 1.57. The van der Waals surface area contributed by atoms with Gasteiger partial charge in [-0.2, -0.15) is 0 Å². The zero-order valence-corrected chi connectivity index (χ0v) is 16.4. The van der Waals surface area contributed by atoms with E-state index in [1.165, 1.54) is 6.07 Å². The number of likely N-dealkylation sites (N-methyl/N-ethyl adjacent to an activating group) is 1. The number of benzene rings is 1. The number of hydrogen-bond acceptors (Lipinski definition) is 4. The molecule has 1 aromatic carbocycles. The number of rotatable bonds is 3. The van der Waals surface area contributed by atoms with Crippen molar-refractivity contribution < 1.29 is 9.18 Å². The molecule has 5 nitrogen and oxygen atoms in total. The zero-order chi connectivity index (χ0) is 19.5. The Morgan fingerprint density at radius 1 is 1.00 bits per heavy atom. The minimum atomic E-state index is -0.244. The Labute approximate surface area is 165 Å². The molecule has 2 aliphatic rings. The highest BCUT2D eigenvalue weighted by atomic mass is 19.1. The lowest BCUT2D eigenvalue weighted by molar-refractivity contribution is 0.0601. The number of carbonyl (C=O) groups is 1. The van der Waals surface area contributed by atoms with E-state index in [4.69, 9.17) is 0 Å². The smallest absolute Gasteiger partial charge is 0.273 e. The van der Waals surface area contributed by atoms with Crippen LogP contribution >= 0.6 is 0 Å². The third-order valence-corrected chi connectivity index (χ3v) is 5.81. The molecule has 3 heterocycles. The maximum atomic E-state index is 14.4. The summed E-state index contributed by atoms with van der Waals surface area (Å²) < 4.78 is 14.4. The first-order valence-electron chi connectivity index (χ1n) is 10.1. The van der Waals surface area contributed by atoms with E-state index in [1.807, 2.05) is 18.2 Å². The second kappa shape index (κ2) is 8.27. The molecule has 2 aliphatic heterocycles. The summed E-state index contributed by atoms with van der Waals surface area (Å²) in [4.78, 5) is 24.3. The lowest BCUT2D eigenvalue weighted by Gasteiger charge is -2.36. The second-order valence-electron chi connectivity index (χ2n) is 7.70. The van der Waals surface area contributed by atoms with Crippen molar-refractivity contribution in [1.82, 2.24) is 14.8 Å². The van der Waals surface area contributed by atoms with Gasteiger partial charge in [0.25, 0.3) is 5.91 Å². The lowest BCUT2D eigenvalue weighted by Crippen LogP contribution is -2.45. The van der Waals surface area contributed by atoms with Gasteiger partial charge in [-0.25, -0.2) is 9.37 Å². The average molecular weight is 382 g/mol. The molecule has 1 amide bonds. The highest BCUT2D eigenvalue weighted by Gasteiger charge is 2.31. The number of pyridine rings is 1.